The fraction of sp³-hybridized carbons (Fsp3) is 0.0526. The summed E-state index contributed by atoms with van der Waals surface area (Å²) < 4.78 is 6.12. The molecule has 1 aliphatic carbocycles. The van der Waals surface area contributed by atoms with E-state index in [-0.39, 0.29) is 5.41 Å². The van der Waals surface area contributed by atoms with Crippen LogP contribution in [0.1, 0.15) is 25.0 Å². The molecule has 0 radical (unpaired) electrons. The molecule has 11 aromatic rings. The molecule has 272 valence electrons. The number of benzene rings is 10. The third-order valence-corrected chi connectivity index (χ3v) is 12.8. The van der Waals surface area contributed by atoms with E-state index in [0.717, 1.165) is 21.9 Å². The Kier molecular flexibility index (Phi) is 7.04. The first-order chi connectivity index (χ1) is 28.5. The standard InChI is InChI=1S/C57H38O/c1-57(2)51-34-40(27-29-43(51)49-30-26-36-12-3-4-15-42(36)56(49)57)38-13-11-14-41(32-38)55-47-19-7-5-17-45(47)54(46-18-6-8-20-48(46)55)37-24-22-35(23-25-37)39-28-31-53-50(33-39)44-16-9-10-21-52(44)58-53/h3-34H,1-2H3. The van der Waals surface area contributed by atoms with Gasteiger partial charge in [-0.15, -0.1) is 0 Å². The Morgan fingerprint density at radius 3 is 1.59 bits per heavy atom. The minimum absolute atomic E-state index is 0.109. The molecule has 0 unspecified atom stereocenters. The van der Waals surface area contributed by atoms with Crippen molar-refractivity contribution in [2.75, 3.05) is 0 Å². The Labute approximate surface area is 337 Å². The van der Waals surface area contributed by atoms with Crippen molar-refractivity contribution >= 4 is 54.3 Å². The molecule has 0 spiro atoms. The van der Waals surface area contributed by atoms with Gasteiger partial charge in [0.1, 0.15) is 11.2 Å². The number of fused-ring (bicyclic) bond motifs is 10. The number of para-hydroxylation sites is 1. The van der Waals surface area contributed by atoms with Crippen LogP contribution in [0.3, 0.4) is 0 Å². The minimum atomic E-state index is -0.109. The van der Waals surface area contributed by atoms with Crippen LogP contribution in [0.15, 0.2) is 199 Å². The van der Waals surface area contributed by atoms with Gasteiger partial charge in [0.15, 0.2) is 0 Å². The van der Waals surface area contributed by atoms with Crippen LogP contribution in [0.2, 0.25) is 0 Å². The molecule has 0 aliphatic heterocycles. The molecule has 0 atom stereocenters. The van der Waals surface area contributed by atoms with Gasteiger partial charge in [-0.2, -0.15) is 0 Å². The van der Waals surface area contributed by atoms with E-state index < -0.39 is 0 Å². The fourth-order valence-corrected chi connectivity index (χ4v) is 10.1. The summed E-state index contributed by atoms with van der Waals surface area (Å²) in [5.41, 5.74) is 17.1. The maximum absolute atomic E-state index is 6.12. The zero-order chi connectivity index (χ0) is 38.5. The van der Waals surface area contributed by atoms with Crippen molar-refractivity contribution in [1.29, 1.82) is 0 Å². The molecule has 0 fully saturated rings. The van der Waals surface area contributed by atoms with Crippen LogP contribution in [0.5, 0.6) is 0 Å². The van der Waals surface area contributed by atoms with Gasteiger partial charge in [0, 0.05) is 16.2 Å². The second kappa shape index (κ2) is 12.4. The van der Waals surface area contributed by atoms with Crippen LogP contribution in [0.4, 0.5) is 0 Å². The highest BCUT2D eigenvalue weighted by molar-refractivity contribution is 6.21. The first-order valence-corrected chi connectivity index (χ1v) is 20.2. The zero-order valence-corrected chi connectivity index (χ0v) is 32.4. The van der Waals surface area contributed by atoms with Crippen molar-refractivity contribution in [2.24, 2.45) is 0 Å². The summed E-state index contributed by atoms with van der Waals surface area (Å²) in [5, 5.41) is 9.97. The SMILES string of the molecule is CC1(C)c2cc(-c3cccc(-c4c5ccccc5c(-c5ccc(-c6ccc7oc8ccccc8c7c6)cc5)c5ccccc45)c3)ccc2-c2ccc3ccccc3c21. The molecule has 1 aromatic heterocycles. The van der Waals surface area contributed by atoms with Crippen LogP contribution in [-0.4, -0.2) is 0 Å². The molecule has 0 saturated heterocycles. The average Bonchev–Trinajstić information content (AvgIpc) is 3.76. The largest absolute Gasteiger partial charge is 0.456 e. The van der Waals surface area contributed by atoms with Gasteiger partial charge >= 0.3 is 0 Å². The lowest BCUT2D eigenvalue weighted by Crippen LogP contribution is -2.15. The highest BCUT2D eigenvalue weighted by atomic mass is 16.3. The van der Waals surface area contributed by atoms with Crippen molar-refractivity contribution in [3.63, 3.8) is 0 Å². The monoisotopic (exact) mass is 738 g/mol. The average molecular weight is 739 g/mol. The van der Waals surface area contributed by atoms with Gasteiger partial charge in [0.2, 0.25) is 0 Å². The van der Waals surface area contributed by atoms with Crippen molar-refractivity contribution < 1.29 is 4.42 Å². The van der Waals surface area contributed by atoms with Gasteiger partial charge in [-0.3, -0.25) is 0 Å². The molecule has 10 aromatic carbocycles. The van der Waals surface area contributed by atoms with Gasteiger partial charge in [-0.25, -0.2) is 0 Å². The first-order valence-electron chi connectivity index (χ1n) is 20.2. The molecule has 12 rings (SSSR count). The van der Waals surface area contributed by atoms with E-state index in [1.165, 1.54) is 99.1 Å². The van der Waals surface area contributed by atoms with Gasteiger partial charge < -0.3 is 4.42 Å². The first kappa shape index (κ1) is 33.0. The molecular formula is C57H38O. The highest BCUT2D eigenvalue weighted by Crippen LogP contribution is 2.52. The molecular weight excluding hydrogens is 701 g/mol. The Balaban J connectivity index is 0.965. The summed E-state index contributed by atoms with van der Waals surface area (Å²) in [6.45, 7) is 4.78. The van der Waals surface area contributed by atoms with E-state index in [4.69, 9.17) is 4.42 Å². The predicted octanol–water partition coefficient (Wildman–Crippen LogP) is 16.0. The maximum Gasteiger partial charge on any atom is 0.135 e. The van der Waals surface area contributed by atoms with E-state index in [2.05, 4.69) is 196 Å². The lowest BCUT2D eigenvalue weighted by Gasteiger charge is -2.23. The van der Waals surface area contributed by atoms with Gasteiger partial charge in [0.25, 0.3) is 0 Å². The quantitative estimate of drug-likeness (QED) is 0.164. The van der Waals surface area contributed by atoms with Crippen molar-refractivity contribution in [1.82, 2.24) is 0 Å². The van der Waals surface area contributed by atoms with Crippen LogP contribution >= 0.6 is 0 Å². The molecule has 1 nitrogen and oxygen atoms in total. The van der Waals surface area contributed by atoms with Gasteiger partial charge in [-0.05, 0) is 129 Å². The van der Waals surface area contributed by atoms with Crippen LogP contribution in [-0.2, 0) is 5.41 Å². The molecule has 58 heavy (non-hydrogen) atoms. The summed E-state index contributed by atoms with van der Waals surface area (Å²) >= 11 is 0. The Hall–Kier alpha value is -7.22. The van der Waals surface area contributed by atoms with Crippen LogP contribution in [0, 0.1) is 0 Å². The van der Waals surface area contributed by atoms with Gasteiger partial charge in [-0.1, -0.05) is 178 Å². The number of rotatable bonds is 4. The lowest BCUT2D eigenvalue weighted by molar-refractivity contribution is 0.666. The third-order valence-electron chi connectivity index (χ3n) is 12.8. The van der Waals surface area contributed by atoms with E-state index in [9.17, 15) is 0 Å². The molecule has 1 aliphatic rings. The Morgan fingerprint density at radius 1 is 0.328 bits per heavy atom. The summed E-state index contributed by atoms with van der Waals surface area (Å²) in [5.74, 6) is 0. The van der Waals surface area contributed by atoms with E-state index in [1.54, 1.807) is 0 Å². The minimum Gasteiger partial charge on any atom is -0.456 e. The van der Waals surface area contributed by atoms with E-state index in [1.807, 2.05) is 12.1 Å². The van der Waals surface area contributed by atoms with Crippen molar-refractivity contribution in [2.45, 2.75) is 19.3 Å². The van der Waals surface area contributed by atoms with Crippen LogP contribution < -0.4 is 0 Å². The Bertz CT molecular complexity index is 3410. The molecule has 0 bridgehead atoms. The number of hydrogen-bond donors (Lipinski definition) is 0. The van der Waals surface area contributed by atoms with E-state index in [0.29, 0.717) is 0 Å². The summed E-state index contributed by atoms with van der Waals surface area (Å²) in [4.78, 5) is 0. The predicted molar refractivity (Wildman–Crippen MR) is 246 cm³/mol. The molecule has 0 saturated carbocycles. The lowest BCUT2D eigenvalue weighted by atomic mass is 9.79. The summed E-state index contributed by atoms with van der Waals surface area (Å²) in [6, 6.07) is 71.5. The molecule has 1 heterocycles. The normalized spacial score (nSPS) is 13.1. The second-order valence-corrected chi connectivity index (χ2v) is 16.4. The smallest absolute Gasteiger partial charge is 0.135 e. The van der Waals surface area contributed by atoms with Crippen LogP contribution in [0.25, 0.3) is 110 Å². The number of hydrogen-bond acceptors (Lipinski definition) is 1. The fourth-order valence-electron chi connectivity index (χ4n) is 10.1. The number of furan rings is 1. The summed E-state index contributed by atoms with van der Waals surface area (Å²) in [6.07, 6.45) is 0. The van der Waals surface area contributed by atoms with Gasteiger partial charge in [0.05, 0.1) is 0 Å². The highest BCUT2D eigenvalue weighted by Gasteiger charge is 2.37. The second-order valence-electron chi connectivity index (χ2n) is 16.4. The molecule has 1 heteroatoms. The topological polar surface area (TPSA) is 13.1 Å². The molecule has 0 amide bonds. The van der Waals surface area contributed by atoms with Crippen molar-refractivity contribution in [3.05, 3.63) is 205 Å². The molecule has 0 N–H and O–H groups in total. The zero-order valence-electron chi connectivity index (χ0n) is 32.4. The maximum atomic E-state index is 6.12. The summed E-state index contributed by atoms with van der Waals surface area (Å²) in [7, 11) is 0. The third kappa shape index (κ3) is 4.83. The van der Waals surface area contributed by atoms with E-state index >= 15 is 0 Å². The van der Waals surface area contributed by atoms with Crippen molar-refractivity contribution in [3.8, 4) is 55.6 Å². The Morgan fingerprint density at radius 2 is 0.845 bits per heavy atom.